The number of alkyl halides is 1. The van der Waals surface area contributed by atoms with E-state index in [1.807, 2.05) is 0 Å². The molecule has 0 radical (unpaired) electrons. The lowest BCUT2D eigenvalue weighted by atomic mass is 9.88. The number of hydrogen-bond donors (Lipinski definition) is 1. The topological polar surface area (TPSA) is 29.1 Å². The van der Waals surface area contributed by atoms with Gasteiger partial charge >= 0.3 is 0 Å². The summed E-state index contributed by atoms with van der Waals surface area (Å²) < 4.78 is 0.743. The molecule has 0 saturated heterocycles. The normalized spacial score (nSPS) is 11.4. The van der Waals surface area contributed by atoms with Gasteiger partial charge in [0, 0.05) is 21.9 Å². The van der Waals surface area contributed by atoms with Gasteiger partial charge in [-0.2, -0.15) is 0 Å². The third kappa shape index (κ3) is 5.72. The molecular weight excluding hydrogens is 349 g/mol. The van der Waals surface area contributed by atoms with Crippen LogP contribution in [-0.2, 0) is 0 Å². The zero-order valence-electron chi connectivity index (χ0n) is 11.1. The van der Waals surface area contributed by atoms with Gasteiger partial charge in [0.25, 0.3) is 5.91 Å². The van der Waals surface area contributed by atoms with Crippen LogP contribution in [0.25, 0.3) is 0 Å². The molecule has 0 aliphatic rings. The van der Waals surface area contributed by atoms with Crippen molar-refractivity contribution in [1.29, 1.82) is 0 Å². The highest BCUT2D eigenvalue weighted by molar-refractivity contribution is 9.10. The average molecular weight is 367 g/mol. The number of hydrogen-bond acceptors (Lipinski definition) is 1. The maximum atomic E-state index is 12.1. The van der Waals surface area contributed by atoms with Crippen molar-refractivity contribution in [2.45, 2.75) is 26.7 Å². The zero-order valence-corrected chi connectivity index (χ0v) is 14.2. The first-order valence-corrected chi connectivity index (χ1v) is 7.85. The Hall–Kier alpha value is -0.250. The number of carbonyl (C=O) groups excluding carboxylic acids is 1. The SMILES string of the molecule is CC(C)(CCCCl)CNC(=O)c1cc(Cl)ccc1Br. The minimum Gasteiger partial charge on any atom is -0.351 e. The minimum absolute atomic E-state index is 0.0373. The molecule has 1 aromatic rings. The highest BCUT2D eigenvalue weighted by Gasteiger charge is 2.19. The van der Waals surface area contributed by atoms with Crippen LogP contribution in [0.15, 0.2) is 22.7 Å². The van der Waals surface area contributed by atoms with Gasteiger partial charge in [-0.25, -0.2) is 0 Å². The second-order valence-electron chi connectivity index (χ2n) is 5.26. The lowest BCUT2D eigenvalue weighted by Crippen LogP contribution is -2.34. The molecule has 1 N–H and O–H groups in total. The van der Waals surface area contributed by atoms with Crippen LogP contribution < -0.4 is 5.32 Å². The van der Waals surface area contributed by atoms with Crippen LogP contribution in [-0.4, -0.2) is 18.3 Å². The molecular formula is C14H18BrCl2NO. The molecule has 1 rings (SSSR count). The number of amides is 1. The molecule has 0 unspecified atom stereocenters. The summed E-state index contributed by atoms with van der Waals surface area (Å²) in [6, 6.07) is 5.18. The Labute approximate surface area is 133 Å². The summed E-state index contributed by atoms with van der Waals surface area (Å²) in [5.74, 6) is 0.533. The van der Waals surface area contributed by atoms with Crippen molar-refractivity contribution in [3.05, 3.63) is 33.3 Å². The van der Waals surface area contributed by atoms with E-state index < -0.39 is 0 Å². The van der Waals surface area contributed by atoms with Gasteiger partial charge in [0.15, 0.2) is 0 Å². The fourth-order valence-electron chi connectivity index (χ4n) is 1.72. The smallest absolute Gasteiger partial charge is 0.252 e. The quantitative estimate of drug-likeness (QED) is 0.714. The largest absolute Gasteiger partial charge is 0.351 e. The second-order valence-corrected chi connectivity index (χ2v) is 6.93. The first-order chi connectivity index (χ1) is 8.85. The van der Waals surface area contributed by atoms with Gasteiger partial charge in [0.1, 0.15) is 0 Å². The number of halogens is 3. The summed E-state index contributed by atoms with van der Waals surface area (Å²) in [5, 5.41) is 3.50. The zero-order chi connectivity index (χ0) is 14.5. The average Bonchev–Trinajstić information content (AvgIpc) is 2.36. The van der Waals surface area contributed by atoms with Crippen LogP contribution in [0.4, 0.5) is 0 Å². The molecule has 0 bridgehead atoms. The van der Waals surface area contributed by atoms with Crippen LogP contribution in [0, 0.1) is 5.41 Å². The summed E-state index contributed by atoms with van der Waals surface area (Å²) >= 11 is 15.0. The van der Waals surface area contributed by atoms with Crippen molar-refractivity contribution >= 4 is 45.0 Å². The van der Waals surface area contributed by atoms with Crippen molar-refractivity contribution in [3.63, 3.8) is 0 Å². The van der Waals surface area contributed by atoms with Crippen molar-refractivity contribution < 1.29 is 4.79 Å². The van der Waals surface area contributed by atoms with E-state index in [2.05, 4.69) is 35.1 Å². The molecule has 106 valence electrons. The number of rotatable bonds is 6. The Kier molecular flexibility index (Phi) is 6.64. The fraction of sp³-hybridized carbons (Fsp3) is 0.500. The summed E-state index contributed by atoms with van der Waals surface area (Å²) in [6.07, 6.45) is 1.93. The highest BCUT2D eigenvalue weighted by atomic mass is 79.9. The summed E-state index contributed by atoms with van der Waals surface area (Å²) in [4.78, 5) is 12.1. The standard InChI is InChI=1S/C14H18BrCl2NO/c1-14(2,6-3-7-16)9-18-13(19)11-8-10(17)4-5-12(11)15/h4-5,8H,3,6-7,9H2,1-2H3,(H,18,19). The second kappa shape index (κ2) is 7.51. The first kappa shape index (κ1) is 16.8. The van der Waals surface area contributed by atoms with Crippen LogP contribution in [0.5, 0.6) is 0 Å². The van der Waals surface area contributed by atoms with E-state index in [1.165, 1.54) is 0 Å². The van der Waals surface area contributed by atoms with Crippen molar-refractivity contribution in [1.82, 2.24) is 5.32 Å². The van der Waals surface area contributed by atoms with Gasteiger partial charge in [-0.3, -0.25) is 4.79 Å². The Bertz CT molecular complexity index is 449. The third-order valence-electron chi connectivity index (χ3n) is 2.89. The van der Waals surface area contributed by atoms with Gasteiger partial charge in [-0.1, -0.05) is 25.4 Å². The van der Waals surface area contributed by atoms with Gasteiger partial charge in [0.2, 0.25) is 0 Å². The lowest BCUT2D eigenvalue weighted by molar-refractivity contribution is 0.0934. The maximum Gasteiger partial charge on any atom is 0.252 e. The Morgan fingerprint density at radius 3 is 2.74 bits per heavy atom. The molecule has 19 heavy (non-hydrogen) atoms. The van der Waals surface area contributed by atoms with Gasteiger partial charge in [0.05, 0.1) is 5.56 Å². The van der Waals surface area contributed by atoms with Crippen molar-refractivity contribution in [2.75, 3.05) is 12.4 Å². The van der Waals surface area contributed by atoms with E-state index in [-0.39, 0.29) is 11.3 Å². The van der Waals surface area contributed by atoms with E-state index in [0.717, 1.165) is 17.3 Å². The van der Waals surface area contributed by atoms with Crippen LogP contribution >= 0.6 is 39.1 Å². The van der Waals surface area contributed by atoms with Crippen molar-refractivity contribution in [2.24, 2.45) is 5.41 Å². The molecule has 2 nitrogen and oxygen atoms in total. The maximum absolute atomic E-state index is 12.1. The number of benzene rings is 1. The van der Waals surface area contributed by atoms with E-state index in [4.69, 9.17) is 23.2 Å². The Morgan fingerprint density at radius 1 is 1.42 bits per heavy atom. The molecule has 0 fully saturated rings. The van der Waals surface area contributed by atoms with Crippen LogP contribution in [0.3, 0.4) is 0 Å². The molecule has 0 atom stereocenters. The molecule has 0 aromatic heterocycles. The third-order valence-corrected chi connectivity index (χ3v) is 4.08. The molecule has 0 heterocycles. The van der Waals surface area contributed by atoms with E-state index in [0.29, 0.717) is 23.0 Å². The predicted molar refractivity (Wildman–Crippen MR) is 85.2 cm³/mol. The predicted octanol–water partition coefficient (Wildman–Crippen LogP) is 4.88. The van der Waals surface area contributed by atoms with Gasteiger partial charge in [-0.15, -0.1) is 11.6 Å². The van der Waals surface area contributed by atoms with Crippen LogP contribution in [0.1, 0.15) is 37.0 Å². The number of carbonyl (C=O) groups is 1. The lowest BCUT2D eigenvalue weighted by Gasteiger charge is -2.24. The summed E-state index contributed by atoms with van der Waals surface area (Å²) in [6.45, 7) is 4.85. The summed E-state index contributed by atoms with van der Waals surface area (Å²) in [7, 11) is 0. The van der Waals surface area contributed by atoms with Gasteiger partial charge in [-0.05, 0) is 52.4 Å². The first-order valence-electron chi connectivity index (χ1n) is 6.15. The van der Waals surface area contributed by atoms with Crippen molar-refractivity contribution in [3.8, 4) is 0 Å². The van der Waals surface area contributed by atoms with E-state index in [9.17, 15) is 4.79 Å². The molecule has 0 aliphatic heterocycles. The number of nitrogens with one attached hydrogen (secondary N) is 1. The fourth-order valence-corrected chi connectivity index (χ4v) is 2.45. The molecule has 0 saturated carbocycles. The molecule has 1 aromatic carbocycles. The monoisotopic (exact) mass is 365 g/mol. The highest BCUT2D eigenvalue weighted by Crippen LogP contribution is 2.23. The minimum atomic E-state index is -0.117. The Balaban J connectivity index is 2.62. The summed E-state index contributed by atoms with van der Waals surface area (Å²) in [5.41, 5.74) is 0.593. The van der Waals surface area contributed by atoms with Crippen LogP contribution in [0.2, 0.25) is 5.02 Å². The van der Waals surface area contributed by atoms with Gasteiger partial charge < -0.3 is 5.32 Å². The van der Waals surface area contributed by atoms with E-state index in [1.54, 1.807) is 18.2 Å². The molecule has 5 heteroatoms. The Morgan fingerprint density at radius 2 is 2.11 bits per heavy atom. The molecule has 0 spiro atoms. The van der Waals surface area contributed by atoms with E-state index >= 15 is 0 Å². The molecule has 1 amide bonds. The molecule has 0 aliphatic carbocycles.